The summed E-state index contributed by atoms with van der Waals surface area (Å²) >= 11 is 0. The summed E-state index contributed by atoms with van der Waals surface area (Å²) in [6, 6.07) is 8.24. The van der Waals surface area contributed by atoms with E-state index < -0.39 is 29.7 Å². The molecule has 0 spiro atoms. The van der Waals surface area contributed by atoms with Crippen molar-refractivity contribution in [3.8, 4) is 0 Å². The van der Waals surface area contributed by atoms with Crippen LogP contribution in [0, 0.1) is 0 Å². The standard InChI is InChI=1S/C20H31N3O5/c1-20(2,3)28-18(25)22-16(12-8-9-13-21)17(24)23(4)19(26)27-14-15-10-6-5-7-11-15/h5-7,10-11,16H,8-9,12-14,21H2,1-4H3,(H,22,25)/t16-/m0/s1. The number of amides is 3. The molecule has 0 unspecified atom stereocenters. The zero-order valence-corrected chi connectivity index (χ0v) is 17.1. The third-order valence-corrected chi connectivity index (χ3v) is 3.75. The fourth-order valence-corrected chi connectivity index (χ4v) is 2.34. The topological polar surface area (TPSA) is 111 Å². The maximum absolute atomic E-state index is 12.7. The van der Waals surface area contributed by atoms with Crippen molar-refractivity contribution in [3.63, 3.8) is 0 Å². The highest BCUT2D eigenvalue weighted by Crippen LogP contribution is 2.10. The van der Waals surface area contributed by atoms with Gasteiger partial charge < -0.3 is 20.5 Å². The maximum Gasteiger partial charge on any atom is 0.416 e. The lowest BCUT2D eigenvalue weighted by molar-refractivity contribution is -0.130. The SMILES string of the molecule is CN(C(=O)OCc1ccccc1)C(=O)[C@H](CCCCN)NC(=O)OC(C)(C)C. The Hall–Kier alpha value is -2.61. The first-order valence-electron chi connectivity index (χ1n) is 9.32. The monoisotopic (exact) mass is 393 g/mol. The summed E-state index contributed by atoms with van der Waals surface area (Å²) in [4.78, 5) is 37.9. The average molecular weight is 393 g/mol. The summed E-state index contributed by atoms with van der Waals surface area (Å²) in [5, 5.41) is 2.54. The Morgan fingerprint density at radius 1 is 1.14 bits per heavy atom. The number of hydrogen-bond acceptors (Lipinski definition) is 6. The van der Waals surface area contributed by atoms with Crippen LogP contribution in [0.15, 0.2) is 30.3 Å². The number of nitrogens with one attached hydrogen (secondary N) is 1. The van der Waals surface area contributed by atoms with Crippen LogP contribution in [0.1, 0.15) is 45.6 Å². The van der Waals surface area contributed by atoms with Gasteiger partial charge in [-0.3, -0.25) is 4.79 Å². The van der Waals surface area contributed by atoms with Crippen molar-refractivity contribution >= 4 is 18.1 Å². The van der Waals surface area contributed by atoms with Crippen LogP contribution in [0.25, 0.3) is 0 Å². The molecule has 156 valence electrons. The second kappa shape index (κ2) is 11.3. The van der Waals surface area contributed by atoms with Gasteiger partial charge in [-0.05, 0) is 52.1 Å². The van der Waals surface area contributed by atoms with Crippen LogP contribution < -0.4 is 11.1 Å². The lowest BCUT2D eigenvalue weighted by atomic mass is 10.1. The zero-order chi connectivity index (χ0) is 21.2. The number of imide groups is 1. The number of unbranched alkanes of at least 4 members (excludes halogenated alkanes) is 1. The first-order valence-corrected chi connectivity index (χ1v) is 9.32. The van der Waals surface area contributed by atoms with E-state index in [4.69, 9.17) is 15.2 Å². The molecule has 3 N–H and O–H groups in total. The number of benzene rings is 1. The number of carbonyl (C=O) groups is 3. The number of carbonyl (C=O) groups excluding carboxylic acids is 3. The first kappa shape index (κ1) is 23.4. The zero-order valence-electron chi connectivity index (χ0n) is 17.1. The molecule has 0 aromatic heterocycles. The average Bonchev–Trinajstić information content (AvgIpc) is 2.63. The predicted molar refractivity (Wildman–Crippen MR) is 105 cm³/mol. The van der Waals surface area contributed by atoms with Gasteiger partial charge in [0.15, 0.2) is 0 Å². The molecule has 0 heterocycles. The van der Waals surface area contributed by atoms with E-state index in [2.05, 4.69) is 5.32 Å². The molecule has 1 aromatic rings. The minimum atomic E-state index is -0.907. The summed E-state index contributed by atoms with van der Waals surface area (Å²) in [5.41, 5.74) is 5.61. The Balaban J connectivity index is 2.70. The molecule has 0 radical (unpaired) electrons. The van der Waals surface area contributed by atoms with Crippen LogP contribution >= 0.6 is 0 Å². The van der Waals surface area contributed by atoms with E-state index in [0.29, 0.717) is 25.8 Å². The van der Waals surface area contributed by atoms with Crippen LogP contribution in [0.3, 0.4) is 0 Å². The summed E-state index contributed by atoms with van der Waals surface area (Å²) < 4.78 is 10.4. The van der Waals surface area contributed by atoms with Crippen LogP contribution in [-0.4, -0.2) is 48.2 Å². The molecular formula is C20H31N3O5. The normalized spacial score (nSPS) is 12.0. The fraction of sp³-hybridized carbons (Fsp3) is 0.550. The molecule has 28 heavy (non-hydrogen) atoms. The van der Waals surface area contributed by atoms with Crippen molar-refractivity contribution < 1.29 is 23.9 Å². The largest absolute Gasteiger partial charge is 0.444 e. The third-order valence-electron chi connectivity index (χ3n) is 3.75. The quantitative estimate of drug-likeness (QED) is 0.657. The van der Waals surface area contributed by atoms with Crippen molar-refractivity contribution in [2.45, 2.75) is 58.3 Å². The van der Waals surface area contributed by atoms with Crippen LogP contribution in [-0.2, 0) is 20.9 Å². The lowest BCUT2D eigenvalue weighted by Gasteiger charge is -2.25. The van der Waals surface area contributed by atoms with E-state index in [1.165, 1.54) is 7.05 Å². The van der Waals surface area contributed by atoms with Gasteiger partial charge in [-0.1, -0.05) is 30.3 Å². The summed E-state index contributed by atoms with van der Waals surface area (Å²) in [5.74, 6) is -0.569. The highest BCUT2D eigenvalue weighted by molar-refractivity contribution is 5.96. The number of alkyl carbamates (subject to hydrolysis) is 1. The van der Waals surface area contributed by atoms with Gasteiger partial charge in [-0.15, -0.1) is 0 Å². The molecule has 0 fully saturated rings. The summed E-state index contributed by atoms with van der Waals surface area (Å²) in [7, 11) is 1.32. The molecule has 0 aliphatic rings. The number of rotatable bonds is 8. The molecule has 0 saturated carbocycles. The predicted octanol–water partition coefficient (Wildman–Crippen LogP) is 2.80. The van der Waals surface area contributed by atoms with E-state index in [1.807, 2.05) is 30.3 Å². The molecule has 1 aromatic carbocycles. The molecular weight excluding hydrogens is 362 g/mol. The smallest absolute Gasteiger partial charge is 0.416 e. The second-order valence-corrected chi connectivity index (χ2v) is 7.42. The van der Waals surface area contributed by atoms with Gasteiger partial charge in [0.25, 0.3) is 5.91 Å². The van der Waals surface area contributed by atoms with Gasteiger partial charge in [-0.25, -0.2) is 14.5 Å². The van der Waals surface area contributed by atoms with E-state index >= 15 is 0 Å². The third kappa shape index (κ3) is 8.85. The molecule has 0 saturated heterocycles. The van der Waals surface area contributed by atoms with Crippen LogP contribution in [0.4, 0.5) is 9.59 Å². The number of ether oxygens (including phenoxy) is 2. The van der Waals surface area contributed by atoms with Crippen LogP contribution in [0.2, 0.25) is 0 Å². The second-order valence-electron chi connectivity index (χ2n) is 7.42. The summed E-state index contributed by atoms with van der Waals surface area (Å²) in [6.07, 6.45) is 0.150. The molecule has 1 atom stereocenters. The highest BCUT2D eigenvalue weighted by atomic mass is 16.6. The van der Waals surface area contributed by atoms with E-state index in [-0.39, 0.29) is 6.61 Å². The van der Waals surface area contributed by atoms with Crippen molar-refractivity contribution in [1.82, 2.24) is 10.2 Å². The van der Waals surface area contributed by atoms with Gasteiger partial charge in [0.05, 0.1) is 0 Å². The van der Waals surface area contributed by atoms with E-state index in [0.717, 1.165) is 10.5 Å². The van der Waals surface area contributed by atoms with Gasteiger partial charge in [0, 0.05) is 7.05 Å². The van der Waals surface area contributed by atoms with Crippen molar-refractivity contribution in [3.05, 3.63) is 35.9 Å². The Labute approximate surface area is 166 Å². The van der Waals surface area contributed by atoms with Crippen molar-refractivity contribution in [1.29, 1.82) is 0 Å². The fourth-order valence-electron chi connectivity index (χ4n) is 2.34. The number of nitrogens with two attached hydrogens (primary N) is 1. The Morgan fingerprint density at radius 3 is 2.36 bits per heavy atom. The first-order chi connectivity index (χ1) is 13.1. The molecule has 0 aliphatic carbocycles. The number of nitrogens with zero attached hydrogens (tertiary/aromatic N) is 1. The molecule has 0 aliphatic heterocycles. The van der Waals surface area contributed by atoms with Crippen LogP contribution in [0.5, 0.6) is 0 Å². The van der Waals surface area contributed by atoms with Gasteiger partial charge >= 0.3 is 12.2 Å². The summed E-state index contributed by atoms with van der Waals surface area (Å²) in [6.45, 7) is 5.71. The highest BCUT2D eigenvalue weighted by Gasteiger charge is 2.29. The van der Waals surface area contributed by atoms with E-state index in [1.54, 1.807) is 20.8 Å². The molecule has 8 nitrogen and oxygen atoms in total. The Bertz CT molecular complexity index is 643. The Morgan fingerprint density at radius 2 is 1.79 bits per heavy atom. The van der Waals surface area contributed by atoms with Gasteiger partial charge in [0.2, 0.25) is 0 Å². The molecule has 0 bridgehead atoms. The number of hydrogen-bond donors (Lipinski definition) is 2. The minimum Gasteiger partial charge on any atom is -0.444 e. The molecule has 3 amide bonds. The Kier molecular flexibility index (Phi) is 9.44. The van der Waals surface area contributed by atoms with Gasteiger partial charge in [0.1, 0.15) is 18.2 Å². The maximum atomic E-state index is 12.7. The molecule has 8 heteroatoms. The number of likely N-dealkylation sites (N-methyl/N-ethyl adjacent to an activating group) is 1. The van der Waals surface area contributed by atoms with Crippen molar-refractivity contribution in [2.75, 3.05) is 13.6 Å². The molecule has 1 rings (SSSR count). The van der Waals surface area contributed by atoms with Gasteiger partial charge in [-0.2, -0.15) is 0 Å². The van der Waals surface area contributed by atoms with E-state index in [9.17, 15) is 14.4 Å². The minimum absolute atomic E-state index is 0.0502. The van der Waals surface area contributed by atoms with Crippen molar-refractivity contribution in [2.24, 2.45) is 5.73 Å². The lowest BCUT2D eigenvalue weighted by Crippen LogP contribution is -2.50.